The molecule has 9 heteroatoms. The Morgan fingerprint density at radius 2 is 2.04 bits per heavy atom. The first kappa shape index (κ1) is 18.9. The van der Waals surface area contributed by atoms with Gasteiger partial charge in [0.15, 0.2) is 0 Å². The van der Waals surface area contributed by atoms with Gasteiger partial charge in [-0.25, -0.2) is 4.79 Å². The lowest BCUT2D eigenvalue weighted by atomic mass is 10.1. The Balaban J connectivity index is 2.41. The van der Waals surface area contributed by atoms with Crippen LogP contribution in [0.3, 0.4) is 0 Å². The van der Waals surface area contributed by atoms with E-state index < -0.39 is 22.5 Å². The number of nitrogens with one attached hydrogen (secondary N) is 1. The van der Waals surface area contributed by atoms with Crippen molar-refractivity contribution in [3.05, 3.63) is 54.9 Å². The molecule has 0 aliphatic heterocycles. The predicted molar refractivity (Wildman–Crippen MR) is 95.8 cm³/mol. The van der Waals surface area contributed by atoms with E-state index in [9.17, 15) is 19.7 Å². The van der Waals surface area contributed by atoms with Gasteiger partial charge >= 0.3 is 5.97 Å². The molecule has 2 aromatic rings. The van der Waals surface area contributed by atoms with Crippen LogP contribution in [0.15, 0.2) is 18.2 Å². The molecule has 0 saturated carbocycles. The van der Waals surface area contributed by atoms with Gasteiger partial charge in [-0.2, -0.15) is 0 Å². The Bertz CT molecular complexity index is 862. The SMILES string of the molecule is CCOC(=O)c1c(NC(=O)c2ccc(Cl)cc2[N+](=O)[O-])sc(C)c1C. The average molecular weight is 383 g/mol. The van der Waals surface area contributed by atoms with Gasteiger partial charge in [0.05, 0.1) is 17.1 Å². The number of nitrogens with zero attached hydrogens (tertiary/aromatic N) is 1. The van der Waals surface area contributed by atoms with E-state index in [1.54, 1.807) is 13.8 Å². The minimum Gasteiger partial charge on any atom is -0.462 e. The van der Waals surface area contributed by atoms with Crippen LogP contribution in [-0.4, -0.2) is 23.4 Å². The lowest BCUT2D eigenvalue weighted by Crippen LogP contribution is -2.16. The van der Waals surface area contributed by atoms with Crippen LogP contribution in [0.4, 0.5) is 10.7 Å². The first-order valence-corrected chi connectivity index (χ1v) is 8.48. The number of rotatable bonds is 5. The number of hydrogen-bond donors (Lipinski definition) is 1. The minimum atomic E-state index is -0.699. The normalized spacial score (nSPS) is 10.4. The van der Waals surface area contributed by atoms with E-state index in [1.165, 1.54) is 23.5 Å². The highest BCUT2D eigenvalue weighted by Gasteiger charge is 2.25. The number of nitro benzene ring substituents is 1. The van der Waals surface area contributed by atoms with Crippen LogP contribution < -0.4 is 5.32 Å². The summed E-state index contributed by atoms with van der Waals surface area (Å²) >= 11 is 6.96. The van der Waals surface area contributed by atoms with E-state index in [2.05, 4.69) is 5.32 Å². The van der Waals surface area contributed by atoms with Gasteiger partial charge < -0.3 is 10.1 Å². The first-order chi connectivity index (χ1) is 11.8. The number of amides is 1. The summed E-state index contributed by atoms with van der Waals surface area (Å²) in [4.78, 5) is 35.9. The summed E-state index contributed by atoms with van der Waals surface area (Å²) in [6.07, 6.45) is 0. The number of carbonyl (C=O) groups excluding carboxylic acids is 2. The first-order valence-electron chi connectivity index (χ1n) is 7.28. The molecule has 0 aliphatic rings. The summed E-state index contributed by atoms with van der Waals surface area (Å²) in [5.41, 5.74) is 0.402. The van der Waals surface area contributed by atoms with Gasteiger partial charge in [-0.3, -0.25) is 14.9 Å². The van der Waals surface area contributed by atoms with Crippen molar-refractivity contribution >= 4 is 45.5 Å². The molecule has 0 unspecified atom stereocenters. The standard InChI is InChI=1S/C16H15ClN2O5S/c1-4-24-16(21)13-8(2)9(3)25-15(13)18-14(20)11-6-5-10(17)7-12(11)19(22)23/h5-7H,4H2,1-3H3,(H,18,20). The number of hydrogen-bond acceptors (Lipinski definition) is 6. The lowest BCUT2D eigenvalue weighted by Gasteiger charge is -2.08. The van der Waals surface area contributed by atoms with Crippen LogP contribution in [0, 0.1) is 24.0 Å². The topological polar surface area (TPSA) is 98.5 Å². The fourth-order valence-electron chi connectivity index (χ4n) is 2.18. The molecule has 0 saturated heterocycles. The summed E-state index contributed by atoms with van der Waals surface area (Å²) < 4.78 is 5.02. The molecule has 1 aromatic heterocycles. The van der Waals surface area contributed by atoms with Crippen LogP contribution >= 0.6 is 22.9 Å². The minimum absolute atomic E-state index is 0.145. The molecule has 0 atom stereocenters. The fourth-order valence-corrected chi connectivity index (χ4v) is 3.39. The third kappa shape index (κ3) is 3.97. The number of aryl methyl sites for hydroxylation is 1. The van der Waals surface area contributed by atoms with E-state index in [0.717, 1.165) is 10.9 Å². The second-order valence-electron chi connectivity index (χ2n) is 5.08. The second-order valence-corrected chi connectivity index (χ2v) is 6.74. The third-order valence-electron chi connectivity index (χ3n) is 3.49. The number of benzene rings is 1. The Hall–Kier alpha value is -2.45. The second kappa shape index (κ2) is 7.62. The van der Waals surface area contributed by atoms with Crippen molar-refractivity contribution < 1.29 is 19.2 Å². The van der Waals surface area contributed by atoms with Crippen LogP contribution in [-0.2, 0) is 4.74 Å². The predicted octanol–water partition coefficient (Wildman–Crippen LogP) is 4.36. The Morgan fingerprint density at radius 3 is 2.64 bits per heavy atom. The summed E-state index contributed by atoms with van der Waals surface area (Å²) in [6, 6.07) is 3.77. The largest absolute Gasteiger partial charge is 0.462 e. The van der Waals surface area contributed by atoms with Crippen molar-refractivity contribution in [2.75, 3.05) is 11.9 Å². The van der Waals surface area contributed by atoms with E-state index in [4.69, 9.17) is 16.3 Å². The van der Waals surface area contributed by atoms with Gasteiger partial charge in [0.2, 0.25) is 0 Å². The number of ether oxygens (including phenoxy) is 1. The number of nitro groups is 1. The van der Waals surface area contributed by atoms with Crippen molar-refractivity contribution in [2.24, 2.45) is 0 Å². The molecule has 132 valence electrons. The van der Waals surface area contributed by atoms with Gasteiger partial charge in [-0.05, 0) is 38.5 Å². The van der Waals surface area contributed by atoms with E-state index in [0.29, 0.717) is 10.6 Å². The smallest absolute Gasteiger partial charge is 0.341 e. The Labute approximate surface area is 152 Å². The van der Waals surface area contributed by atoms with Crippen LogP contribution in [0.2, 0.25) is 5.02 Å². The van der Waals surface area contributed by atoms with Crippen molar-refractivity contribution in [2.45, 2.75) is 20.8 Å². The van der Waals surface area contributed by atoms with Crippen molar-refractivity contribution in [3.63, 3.8) is 0 Å². The van der Waals surface area contributed by atoms with Gasteiger partial charge in [-0.15, -0.1) is 11.3 Å². The number of anilines is 1. The molecule has 25 heavy (non-hydrogen) atoms. The maximum Gasteiger partial charge on any atom is 0.341 e. The molecule has 1 amide bonds. The average Bonchev–Trinajstić information content (AvgIpc) is 2.81. The molecular weight excluding hydrogens is 368 g/mol. The van der Waals surface area contributed by atoms with Gasteiger partial charge in [0.25, 0.3) is 11.6 Å². The number of carbonyl (C=O) groups is 2. The molecule has 1 heterocycles. The van der Waals surface area contributed by atoms with Crippen LogP contribution in [0.5, 0.6) is 0 Å². The zero-order chi connectivity index (χ0) is 18.7. The number of thiophene rings is 1. The van der Waals surface area contributed by atoms with Gasteiger partial charge in [0.1, 0.15) is 10.6 Å². The van der Waals surface area contributed by atoms with Crippen molar-refractivity contribution in [1.29, 1.82) is 0 Å². The zero-order valence-electron chi connectivity index (χ0n) is 13.7. The molecular formula is C16H15ClN2O5S. The maximum atomic E-state index is 12.5. The Morgan fingerprint density at radius 1 is 1.36 bits per heavy atom. The molecule has 0 aliphatic carbocycles. The molecule has 7 nitrogen and oxygen atoms in total. The van der Waals surface area contributed by atoms with Crippen LogP contribution in [0.1, 0.15) is 38.1 Å². The third-order valence-corrected chi connectivity index (χ3v) is 4.85. The van der Waals surface area contributed by atoms with Gasteiger partial charge in [0, 0.05) is 16.0 Å². The van der Waals surface area contributed by atoms with Crippen LogP contribution in [0.25, 0.3) is 0 Å². The van der Waals surface area contributed by atoms with E-state index in [-0.39, 0.29) is 22.8 Å². The highest BCUT2D eigenvalue weighted by molar-refractivity contribution is 7.16. The molecule has 1 N–H and O–H groups in total. The monoisotopic (exact) mass is 382 g/mol. The molecule has 0 radical (unpaired) electrons. The molecule has 0 bridgehead atoms. The summed E-state index contributed by atoms with van der Waals surface area (Å²) in [6.45, 7) is 5.44. The highest BCUT2D eigenvalue weighted by Crippen LogP contribution is 2.34. The quantitative estimate of drug-likeness (QED) is 0.470. The fraction of sp³-hybridized carbons (Fsp3) is 0.250. The maximum absolute atomic E-state index is 12.5. The van der Waals surface area contributed by atoms with Gasteiger partial charge in [-0.1, -0.05) is 11.6 Å². The summed E-state index contributed by atoms with van der Waals surface area (Å²) in [5.74, 6) is -1.25. The van der Waals surface area contributed by atoms with Crippen molar-refractivity contribution in [1.82, 2.24) is 0 Å². The molecule has 1 aromatic carbocycles. The van der Waals surface area contributed by atoms with E-state index >= 15 is 0 Å². The lowest BCUT2D eigenvalue weighted by molar-refractivity contribution is -0.385. The summed E-state index contributed by atoms with van der Waals surface area (Å²) in [5, 5.41) is 14.2. The number of halogens is 1. The molecule has 0 fully saturated rings. The van der Waals surface area contributed by atoms with E-state index in [1.807, 2.05) is 6.92 Å². The number of esters is 1. The summed E-state index contributed by atoms with van der Waals surface area (Å²) in [7, 11) is 0. The molecule has 2 rings (SSSR count). The Kier molecular flexibility index (Phi) is 5.76. The zero-order valence-corrected chi connectivity index (χ0v) is 15.3. The molecule has 0 spiro atoms. The van der Waals surface area contributed by atoms with Crippen molar-refractivity contribution in [3.8, 4) is 0 Å². The highest BCUT2D eigenvalue weighted by atomic mass is 35.5.